The van der Waals surface area contributed by atoms with Crippen molar-refractivity contribution in [2.45, 2.75) is 37.6 Å². The summed E-state index contributed by atoms with van der Waals surface area (Å²) in [5.41, 5.74) is 1.91. The molecule has 0 aliphatic carbocycles. The number of nitrogens with zero attached hydrogens (tertiary/aromatic N) is 3. The van der Waals surface area contributed by atoms with E-state index >= 15 is 0 Å². The van der Waals surface area contributed by atoms with Gasteiger partial charge in [-0.05, 0) is 50.2 Å². The molecule has 142 valence electrons. The summed E-state index contributed by atoms with van der Waals surface area (Å²) in [6, 6.07) is 7.84. The predicted octanol–water partition coefficient (Wildman–Crippen LogP) is 3.56. The van der Waals surface area contributed by atoms with Crippen molar-refractivity contribution in [1.82, 2.24) is 19.8 Å². The quantitative estimate of drug-likeness (QED) is 0.483. The molecule has 1 heterocycles. The minimum absolute atomic E-state index is 0.0103. The van der Waals surface area contributed by atoms with Crippen LogP contribution in [0.2, 0.25) is 0 Å². The number of aromatic nitrogens is 2. The van der Waals surface area contributed by atoms with Gasteiger partial charge < -0.3 is 14.8 Å². The van der Waals surface area contributed by atoms with E-state index in [0.717, 1.165) is 55.5 Å². The molecule has 26 heavy (non-hydrogen) atoms. The molecular weight excluding hydrogens is 344 g/mol. The lowest BCUT2D eigenvalue weighted by Crippen LogP contribution is -2.27. The minimum Gasteiger partial charge on any atom is -0.352 e. The van der Waals surface area contributed by atoms with Gasteiger partial charge in [0.25, 0.3) is 5.91 Å². The summed E-state index contributed by atoms with van der Waals surface area (Å²) in [4.78, 5) is 18.9. The first-order valence-electron chi connectivity index (χ1n) is 9.33. The number of imidazole rings is 1. The molecule has 0 bridgehead atoms. The second-order valence-electron chi connectivity index (χ2n) is 6.30. The SMILES string of the molecule is CCN(CC)CCCCNC(=O)c1ccc(CSc2nccn2C)cc1. The summed E-state index contributed by atoms with van der Waals surface area (Å²) >= 11 is 1.69. The van der Waals surface area contributed by atoms with Gasteiger partial charge in [-0.25, -0.2) is 4.98 Å². The fourth-order valence-electron chi connectivity index (χ4n) is 2.70. The van der Waals surface area contributed by atoms with Crippen LogP contribution >= 0.6 is 11.8 Å². The zero-order valence-corrected chi connectivity index (χ0v) is 16.9. The molecule has 0 spiro atoms. The van der Waals surface area contributed by atoms with Gasteiger partial charge in [0.15, 0.2) is 5.16 Å². The average Bonchev–Trinajstić information content (AvgIpc) is 3.08. The molecule has 0 saturated heterocycles. The Hall–Kier alpha value is -1.79. The Balaban J connectivity index is 1.70. The van der Waals surface area contributed by atoms with Gasteiger partial charge in [-0.2, -0.15) is 0 Å². The van der Waals surface area contributed by atoms with Gasteiger partial charge >= 0.3 is 0 Å². The molecule has 1 amide bonds. The van der Waals surface area contributed by atoms with Gasteiger partial charge in [0.05, 0.1) is 0 Å². The molecule has 1 aromatic carbocycles. The number of unbranched alkanes of at least 4 members (excludes halogenated alkanes) is 1. The first-order chi connectivity index (χ1) is 12.6. The summed E-state index contributed by atoms with van der Waals surface area (Å²) in [6.45, 7) is 8.39. The third-order valence-corrected chi connectivity index (χ3v) is 5.57. The Morgan fingerprint density at radius 2 is 1.92 bits per heavy atom. The second kappa shape index (κ2) is 11.0. The predicted molar refractivity (Wildman–Crippen MR) is 109 cm³/mol. The van der Waals surface area contributed by atoms with Gasteiger partial charge in [-0.3, -0.25) is 4.79 Å². The van der Waals surface area contributed by atoms with Crippen LogP contribution in [0.1, 0.15) is 42.6 Å². The molecule has 0 saturated carbocycles. The molecule has 1 aromatic heterocycles. The highest BCUT2D eigenvalue weighted by Crippen LogP contribution is 2.20. The largest absolute Gasteiger partial charge is 0.352 e. The van der Waals surface area contributed by atoms with Crippen molar-refractivity contribution in [3.05, 3.63) is 47.8 Å². The lowest BCUT2D eigenvalue weighted by Gasteiger charge is -2.17. The van der Waals surface area contributed by atoms with Crippen LogP contribution < -0.4 is 5.32 Å². The summed E-state index contributed by atoms with van der Waals surface area (Å²) < 4.78 is 2.01. The molecule has 0 fully saturated rings. The topological polar surface area (TPSA) is 50.2 Å². The molecule has 2 aromatic rings. The Morgan fingerprint density at radius 1 is 1.19 bits per heavy atom. The minimum atomic E-state index is 0.0103. The Morgan fingerprint density at radius 3 is 2.54 bits per heavy atom. The smallest absolute Gasteiger partial charge is 0.251 e. The van der Waals surface area contributed by atoms with E-state index in [-0.39, 0.29) is 5.91 Å². The summed E-state index contributed by atoms with van der Waals surface area (Å²) in [5, 5.41) is 4.01. The Labute approximate surface area is 161 Å². The summed E-state index contributed by atoms with van der Waals surface area (Å²) in [7, 11) is 1.99. The van der Waals surface area contributed by atoms with Crippen LogP contribution in [0, 0.1) is 0 Å². The molecule has 2 rings (SSSR count). The Kier molecular flexibility index (Phi) is 8.71. The third-order valence-electron chi connectivity index (χ3n) is 4.44. The fraction of sp³-hybridized carbons (Fsp3) is 0.500. The van der Waals surface area contributed by atoms with Gasteiger partial charge in [-0.15, -0.1) is 0 Å². The number of benzene rings is 1. The number of hydrogen-bond donors (Lipinski definition) is 1. The highest BCUT2D eigenvalue weighted by Gasteiger charge is 2.06. The molecule has 6 heteroatoms. The van der Waals surface area contributed by atoms with Gasteiger partial charge in [0, 0.05) is 37.3 Å². The molecule has 0 atom stereocenters. The van der Waals surface area contributed by atoms with Gasteiger partial charge in [0.2, 0.25) is 0 Å². The average molecular weight is 375 g/mol. The highest BCUT2D eigenvalue weighted by atomic mass is 32.2. The van der Waals surface area contributed by atoms with Crippen molar-refractivity contribution in [3.8, 4) is 0 Å². The van der Waals surface area contributed by atoms with E-state index in [0.29, 0.717) is 0 Å². The molecule has 1 N–H and O–H groups in total. The number of carbonyl (C=O) groups excluding carboxylic acids is 1. The van der Waals surface area contributed by atoms with Crippen molar-refractivity contribution in [1.29, 1.82) is 0 Å². The number of rotatable bonds is 11. The molecular formula is C20H30N4OS. The fourth-order valence-corrected chi connectivity index (χ4v) is 3.58. The van der Waals surface area contributed by atoms with Crippen LogP contribution in [0.5, 0.6) is 0 Å². The summed E-state index contributed by atoms with van der Waals surface area (Å²) in [6.07, 6.45) is 5.88. The molecule has 0 unspecified atom stereocenters. The number of amides is 1. The highest BCUT2D eigenvalue weighted by molar-refractivity contribution is 7.98. The lowest BCUT2D eigenvalue weighted by molar-refractivity contribution is 0.0952. The van der Waals surface area contributed by atoms with Crippen molar-refractivity contribution in [3.63, 3.8) is 0 Å². The van der Waals surface area contributed by atoms with E-state index in [1.165, 1.54) is 5.56 Å². The maximum absolute atomic E-state index is 12.2. The van der Waals surface area contributed by atoms with E-state index in [4.69, 9.17) is 0 Å². The monoisotopic (exact) mass is 374 g/mol. The third kappa shape index (κ3) is 6.50. The number of nitrogens with one attached hydrogen (secondary N) is 1. The zero-order chi connectivity index (χ0) is 18.8. The van der Waals surface area contributed by atoms with E-state index in [2.05, 4.69) is 29.0 Å². The maximum atomic E-state index is 12.2. The van der Waals surface area contributed by atoms with Crippen LogP contribution in [0.15, 0.2) is 41.8 Å². The van der Waals surface area contributed by atoms with E-state index < -0.39 is 0 Å². The molecule has 0 radical (unpaired) electrons. The molecule has 0 aliphatic heterocycles. The van der Waals surface area contributed by atoms with Gasteiger partial charge in [0.1, 0.15) is 0 Å². The van der Waals surface area contributed by atoms with E-state index in [9.17, 15) is 4.79 Å². The lowest BCUT2D eigenvalue weighted by atomic mass is 10.1. The van der Waals surface area contributed by atoms with Crippen molar-refractivity contribution in [2.75, 3.05) is 26.2 Å². The number of aryl methyl sites for hydroxylation is 1. The van der Waals surface area contributed by atoms with Crippen molar-refractivity contribution >= 4 is 17.7 Å². The van der Waals surface area contributed by atoms with Gasteiger partial charge in [-0.1, -0.05) is 37.7 Å². The van der Waals surface area contributed by atoms with Crippen LogP contribution in [-0.4, -0.2) is 46.5 Å². The van der Waals surface area contributed by atoms with Crippen LogP contribution in [0.3, 0.4) is 0 Å². The van der Waals surface area contributed by atoms with Crippen LogP contribution in [0.4, 0.5) is 0 Å². The standard InChI is InChI=1S/C20H30N4OS/c1-4-24(5-2)14-7-6-12-21-19(25)18-10-8-17(9-11-18)16-26-20-22-13-15-23(20)3/h8-11,13,15H,4-7,12,14,16H2,1-3H3,(H,21,25). The number of hydrogen-bond acceptors (Lipinski definition) is 4. The van der Waals surface area contributed by atoms with Crippen molar-refractivity contribution in [2.24, 2.45) is 7.05 Å². The molecule has 0 aliphatic rings. The zero-order valence-electron chi connectivity index (χ0n) is 16.1. The second-order valence-corrected chi connectivity index (χ2v) is 7.24. The molecule has 5 nitrogen and oxygen atoms in total. The first-order valence-corrected chi connectivity index (χ1v) is 10.3. The Bertz CT molecular complexity index is 665. The number of thioether (sulfide) groups is 1. The summed E-state index contributed by atoms with van der Waals surface area (Å²) in [5.74, 6) is 0.856. The number of carbonyl (C=O) groups is 1. The van der Waals surface area contributed by atoms with Crippen LogP contribution in [0.25, 0.3) is 0 Å². The normalized spacial score (nSPS) is 11.1. The van der Waals surface area contributed by atoms with Crippen LogP contribution in [-0.2, 0) is 12.8 Å². The van der Waals surface area contributed by atoms with E-state index in [1.807, 2.05) is 42.1 Å². The van der Waals surface area contributed by atoms with E-state index in [1.54, 1.807) is 18.0 Å². The maximum Gasteiger partial charge on any atom is 0.251 e. The van der Waals surface area contributed by atoms with Crippen molar-refractivity contribution < 1.29 is 4.79 Å². The first kappa shape index (κ1) is 20.5.